The van der Waals surface area contributed by atoms with Gasteiger partial charge in [0.25, 0.3) is 0 Å². The van der Waals surface area contributed by atoms with Crippen molar-refractivity contribution in [2.24, 2.45) is 0 Å². The standard InChI is InChI=1S/C15H13F9O10/c16-2-1-7(25)31-5-13(19,10(28)29)34-11(30)15(23,24)12(32-8(26)3-6(17)18)33-9(27)4-14(20,21)22/h6,12H,1-5H2,(H,28,29)/t12-,13+/m0/s1. The maximum Gasteiger partial charge on any atom is 0.414 e. The highest BCUT2D eigenvalue weighted by Crippen LogP contribution is 2.30. The van der Waals surface area contributed by atoms with Gasteiger partial charge >= 0.3 is 54.1 Å². The summed E-state index contributed by atoms with van der Waals surface area (Å²) in [5.41, 5.74) is 0. The molecule has 19 heteroatoms. The van der Waals surface area contributed by atoms with Gasteiger partial charge in [0.1, 0.15) is 12.8 Å². The summed E-state index contributed by atoms with van der Waals surface area (Å²) < 4.78 is 130. The van der Waals surface area contributed by atoms with Gasteiger partial charge in [-0.15, -0.1) is 0 Å². The highest BCUT2D eigenvalue weighted by Gasteiger charge is 2.59. The maximum atomic E-state index is 14.3. The number of rotatable bonds is 13. The highest BCUT2D eigenvalue weighted by molar-refractivity contribution is 5.85. The van der Waals surface area contributed by atoms with Crippen molar-refractivity contribution < 1.29 is 87.5 Å². The first-order valence-corrected chi connectivity index (χ1v) is 8.33. The molecule has 0 spiro atoms. The Morgan fingerprint density at radius 2 is 1.38 bits per heavy atom. The Kier molecular flexibility index (Phi) is 11.1. The van der Waals surface area contributed by atoms with Crippen LogP contribution in [0.4, 0.5) is 39.5 Å². The zero-order valence-electron chi connectivity index (χ0n) is 16.2. The van der Waals surface area contributed by atoms with E-state index in [2.05, 4.69) is 18.9 Å². The van der Waals surface area contributed by atoms with Gasteiger partial charge in [0.15, 0.2) is 6.61 Å². The van der Waals surface area contributed by atoms with E-state index in [0.29, 0.717) is 0 Å². The van der Waals surface area contributed by atoms with Gasteiger partial charge in [0.2, 0.25) is 6.43 Å². The fourth-order valence-electron chi connectivity index (χ4n) is 1.56. The average molecular weight is 524 g/mol. The van der Waals surface area contributed by atoms with Crippen molar-refractivity contribution in [2.45, 2.75) is 49.9 Å². The summed E-state index contributed by atoms with van der Waals surface area (Å²) in [4.78, 5) is 55.8. The lowest BCUT2D eigenvalue weighted by Crippen LogP contribution is -2.53. The Morgan fingerprint density at radius 3 is 1.82 bits per heavy atom. The van der Waals surface area contributed by atoms with Crippen LogP contribution in [0, 0.1) is 0 Å². The second-order valence-electron chi connectivity index (χ2n) is 5.84. The minimum atomic E-state index is -5.69. The van der Waals surface area contributed by atoms with Crippen LogP contribution >= 0.6 is 0 Å². The number of alkyl halides is 9. The summed E-state index contributed by atoms with van der Waals surface area (Å²) in [5, 5.41) is 8.70. The quantitative estimate of drug-likeness (QED) is 0.164. The molecule has 0 fully saturated rings. The number of esters is 4. The number of hydrogen-bond donors (Lipinski definition) is 1. The minimum Gasteiger partial charge on any atom is -0.476 e. The minimum absolute atomic E-state index is 1.06. The molecule has 0 aliphatic rings. The van der Waals surface area contributed by atoms with Gasteiger partial charge in [-0.25, -0.2) is 18.4 Å². The number of halogens is 9. The third-order valence-corrected chi connectivity index (χ3v) is 3.00. The molecule has 0 aliphatic heterocycles. The highest BCUT2D eigenvalue weighted by atomic mass is 19.4. The van der Waals surface area contributed by atoms with E-state index < -0.39 is 93.1 Å². The Morgan fingerprint density at radius 1 is 0.853 bits per heavy atom. The average Bonchev–Trinajstić information content (AvgIpc) is 2.63. The van der Waals surface area contributed by atoms with Crippen molar-refractivity contribution in [3.05, 3.63) is 0 Å². The summed E-state index contributed by atoms with van der Waals surface area (Å²) >= 11 is 0. The monoisotopic (exact) mass is 524 g/mol. The van der Waals surface area contributed by atoms with E-state index >= 15 is 0 Å². The number of hydrogen-bond acceptors (Lipinski definition) is 9. The van der Waals surface area contributed by atoms with Crippen LogP contribution in [0.15, 0.2) is 0 Å². The predicted octanol–water partition coefficient (Wildman–Crippen LogP) is 1.84. The Labute approximate surface area is 181 Å². The SMILES string of the molecule is O=C(CCF)OC[C@@](F)(OC(=O)C(F)(F)[C@@H](OC(=O)CC(F)F)OC(=O)CC(F)(F)F)C(=O)O. The second-order valence-corrected chi connectivity index (χ2v) is 5.84. The Balaban J connectivity index is 5.79. The number of ether oxygens (including phenoxy) is 4. The van der Waals surface area contributed by atoms with E-state index in [1.807, 2.05) is 0 Å². The van der Waals surface area contributed by atoms with Crippen LogP contribution < -0.4 is 0 Å². The molecule has 196 valence electrons. The molecule has 34 heavy (non-hydrogen) atoms. The molecular weight excluding hydrogens is 511 g/mol. The molecule has 1 N–H and O–H groups in total. The zero-order chi connectivity index (χ0) is 26.9. The number of carboxylic acid groups (broad SMARTS) is 1. The van der Waals surface area contributed by atoms with Crippen LogP contribution in [-0.4, -0.2) is 78.9 Å². The predicted molar refractivity (Wildman–Crippen MR) is 81.3 cm³/mol. The molecule has 0 radical (unpaired) electrons. The molecule has 0 aromatic heterocycles. The van der Waals surface area contributed by atoms with Gasteiger partial charge in [-0.3, -0.25) is 18.8 Å². The number of aliphatic carboxylic acids is 1. The first-order valence-electron chi connectivity index (χ1n) is 8.33. The van der Waals surface area contributed by atoms with Gasteiger partial charge in [-0.2, -0.15) is 26.3 Å². The number of carboxylic acids is 1. The van der Waals surface area contributed by atoms with Crippen LogP contribution in [-0.2, 0) is 42.9 Å². The van der Waals surface area contributed by atoms with Gasteiger partial charge in [0.05, 0.1) is 13.1 Å². The fraction of sp³-hybridized carbons (Fsp3) is 0.667. The fourth-order valence-corrected chi connectivity index (χ4v) is 1.56. The van der Waals surface area contributed by atoms with E-state index in [0.717, 1.165) is 0 Å². The summed E-state index contributed by atoms with van der Waals surface area (Å²) in [5.74, 6) is -23.1. The lowest BCUT2D eigenvalue weighted by molar-refractivity contribution is -0.267. The molecule has 0 aliphatic carbocycles. The Hall–Kier alpha value is -3.28. The third kappa shape index (κ3) is 10.6. The van der Waals surface area contributed by atoms with Crippen molar-refractivity contribution in [1.29, 1.82) is 0 Å². The van der Waals surface area contributed by atoms with Crippen molar-refractivity contribution in [1.82, 2.24) is 0 Å². The molecule has 0 rings (SSSR count). The van der Waals surface area contributed by atoms with Gasteiger partial charge in [-0.1, -0.05) is 0 Å². The van der Waals surface area contributed by atoms with Crippen LogP contribution in [0.2, 0.25) is 0 Å². The van der Waals surface area contributed by atoms with E-state index in [9.17, 15) is 63.5 Å². The first-order chi connectivity index (χ1) is 15.3. The Bertz CT molecular complexity index is 770. The molecule has 0 aromatic rings. The molecule has 10 nitrogen and oxygen atoms in total. The molecule has 0 amide bonds. The van der Waals surface area contributed by atoms with Crippen molar-refractivity contribution in [3.8, 4) is 0 Å². The van der Waals surface area contributed by atoms with Crippen molar-refractivity contribution >= 4 is 29.8 Å². The molecule has 0 bridgehead atoms. The maximum absolute atomic E-state index is 14.3. The molecular formula is C15H13F9O10. The van der Waals surface area contributed by atoms with E-state index in [4.69, 9.17) is 5.11 Å². The van der Waals surface area contributed by atoms with Crippen LogP contribution in [0.3, 0.4) is 0 Å². The summed E-state index contributed by atoms with van der Waals surface area (Å²) in [6, 6.07) is 0. The molecule has 0 aromatic carbocycles. The largest absolute Gasteiger partial charge is 0.476 e. The topological polar surface area (TPSA) is 142 Å². The molecule has 0 heterocycles. The lowest BCUT2D eigenvalue weighted by atomic mass is 10.3. The summed E-state index contributed by atoms with van der Waals surface area (Å²) in [6.45, 7) is -3.51. The van der Waals surface area contributed by atoms with Gasteiger partial charge < -0.3 is 24.1 Å². The smallest absolute Gasteiger partial charge is 0.414 e. The second kappa shape index (κ2) is 12.3. The number of carbonyl (C=O) groups excluding carboxylic acids is 4. The van der Waals surface area contributed by atoms with E-state index in [1.54, 1.807) is 0 Å². The number of carbonyl (C=O) groups is 5. The van der Waals surface area contributed by atoms with Crippen LogP contribution in [0.5, 0.6) is 0 Å². The molecule has 0 saturated heterocycles. The van der Waals surface area contributed by atoms with Crippen LogP contribution in [0.25, 0.3) is 0 Å². The van der Waals surface area contributed by atoms with E-state index in [1.165, 1.54) is 0 Å². The normalized spacial score (nSPS) is 14.5. The summed E-state index contributed by atoms with van der Waals surface area (Å²) in [6.07, 6.45) is -18.6. The molecule has 0 unspecified atom stereocenters. The summed E-state index contributed by atoms with van der Waals surface area (Å²) in [7, 11) is 0. The lowest BCUT2D eigenvalue weighted by Gasteiger charge is -2.27. The van der Waals surface area contributed by atoms with Gasteiger partial charge in [0, 0.05) is 0 Å². The zero-order valence-corrected chi connectivity index (χ0v) is 16.2. The third-order valence-electron chi connectivity index (χ3n) is 3.00. The van der Waals surface area contributed by atoms with E-state index in [-0.39, 0.29) is 0 Å². The van der Waals surface area contributed by atoms with Crippen molar-refractivity contribution in [3.63, 3.8) is 0 Å². The first kappa shape index (κ1) is 30.7. The molecule has 0 saturated carbocycles. The van der Waals surface area contributed by atoms with Gasteiger partial charge in [-0.05, 0) is 0 Å². The van der Waals surface area contributed by atoms with Crippen molar-refractivity contribution in [2.75, 3.05) is 13.3 Å². The molecule has 2 atom stereocenters. The van der Waals surface area contributed by atoms with Crippen LogP contribution in [0.1, 0.15) is 19.3 Å².